The minimum absolute atomic E-state index is 0.00874. The van der Waals surface area contributed by atoms with E-state index in [2.05, 4.69) is 0 Å². The van der Waals surface area contributed by atoms with Crippen LogP contribution in [0.15, 0.2) is 48.5 Å². The Balaban J connectivity index is 2.28. The van der Waals surface area contributed by atoms with Gasteiger partial charge < -0.3 is 14.9 Å². The third-order valence-electron chi connectivity index (χ3n) is 3.50. The predicted octanol–water partition coefficient (Wildman–Crippen LogP) is 1.88. The summed E-state index contributed by atoms with van der Waals surface area (Å²) in [5, 5.41) is 17.6. The van der Waals surface area contributed by atoms with Gasteiger partial charge >= 0.3 is 5.97 Å². The Labute approximate surface area is 144 Å². The number of rotatable bonds is 9. The lowest BCUT2D eigenvalue weighted by Crippen LogP contribution is -2.18. The third-order valence-corrected chi connectivity index (χ3v) is 3.50. The second kappa shape index (κ2) is 8.75. The molecule has 0 unspecified atom stereocenters. The molecule has 25 heavy (non-hydrogen) atoms. The molecule has 0 radical (unpaired) electrons. The molecule has 0 saturated carbocycles. The molecule has 0 fully saturated rings. The van der Waals surface area contributed by atoms with E-state index in [0.717, 1.165) is 11.1 Å². The van der Waals surface area contributed by atoms with Crippen LogP contribution >= 0.6 is 0 Å². The van der Waals surface area contributed by atoms with Crippen LogP contribution in [0.4, 0.5) is 0 Å². The molecule has 0 aliphatic carbocycles. The molecular formula is C19H18O6. The van der Waals surface area contributed by atoms with Gasteiger partial charge in [0, 0.05) is 0 Å². The topological polar surface area (TPSA) is 101 Å². The van der Waals surface area contributed by atoms with E-state index >= 15 is 0 Å². The van der Waals surface area contributed by atoms with Crippen molar-refractivity contribution in [1.29, 1.82) is 0 Å². The van der Waals surface area contributed by atoms with Crippen molar-refractivity contribution >= 4 is 17.5 Å². The van der Waals surface area contributed by atoms with Gasteiger partial charge in [0.25, 0.3) is 0 Å². The van der Waals surface area contributed by atoms with Gasteiger partial charge in [-0.15, -0.1) is 0 Å². The lowest BCUT2D eigenvalue weighted by atomic mass is 9.98. The number of ether oxygens (including phenoxy) is 1. The molecule has 2 aromatic rings. The van der Waals surface area contributed by atoms with Crippen LogP contribution in [0.25, 0.3) is 0 Å². The summed E-state index contributed by atoms with van der Waals surface area (Å²) in [6.07, 6.45) is -0.159. The van der Waals surface area contributed by atoms with Gasteiger partial charge in [-0.05, 0) is 29.7 Å². The molecule has 0 heterocycles. The number of carbonyl (C=O) groups excluding carboxylic acids is 2. The van der Waals surface area contributed by atoms with Gasteiger partial charge in [-0.3, -0.25) is 9.59 Å². The van der Waals surface area contributed by atoms with E-state index < -0.39 is 24.0 Å². The standard InChI is InChI=1S/C19H18O6/c20-8-9-25-18-7-6-14(10-13-4-2-1-3-5-13)11-15(18)16(21)12-17(22)19(23)24/h1-7,11,20H,8-10,12H2,(H,23,24). The van der Waals surface area contributed by atoms with E-state index in [-0.39, 0.29) is 24.5 Å². The predicted molar refractivity (Wildman–Crippen MR) is 89.9 cm³/mol. The Morgan fingerprint density at radius 1 is 0.960 bits per heavy atom. The van der Waals surface area contributed by atoms with Crippen LogP contribution in [0.2, 0.25) is 0 Å². The summed E-state index contributed by atoms with van der Waals surface area (Å²) < 4.78 is 5.33. The highest BCUT2D eigenvalue weighted by Gasteiger charge is 2.21. The van der Waals surface area contributed by atoms with Crippen LogP contribution < -0.4 is 4.74 Å². The van der Waals surface area contributed by atoms with Crippen LogP contribution in [-0.2, 0) is 16.0 Å². The van der Waals surface area contributed by atoms with Gasteiger partial charge in [0.05, 0.1) is 18.6 Å². The average molecular weight is 342 g/mol. The summed E-state index contributed by atoms with van der Waals surface area (Å²) >= 11 is 0. The average Bonchev–Trinajstić information content (AvgIpc) is 2.61. The van der Waals surface area contributed by atoms with Crippen molar-refractivity contribution in [3.8, 4) is 5.75 Å². The summed E-state index contributed by atoms with van der Waals surface area (Å²) in [4.78, 5) is 34.3. The molecule has 0 aliphatic heterocycles. The summed E-state index contributed by atoms with van der Waals surface area (Å²) in [7, 11) is 0. The minimum Gasteiger partial charge on any atom is -0.490 e. The van der Waals surface area contributed by atoms with Crippen molar-refractivity contribution in [2.24, 2.45) is 0 Å². The zero-order chi connectivity index (χ0) is 18.2. The van der Waals surface area contributed by atoms with Crippen molar-refractivity contribution in [1.82, 2.24) is 0 Å². The van der Waals surface area contributed by atoms with Crippen LogP contribution in [0, 0.1) is 0 Å². The van der Waals surface area contributed by atoms with Crippen molar-refractivity contribution in [2.45, 2.75) is 12.8 Å². The van der Waals surface area contributed by atoms with Crippen LogP contribution in [0.1, 0.15) is 27.9 Å². The van der Waals surface area contributed by atoms with Gasteiger partial charge in [0.15, 0.2) is 5.78 Å². The van der Waals surface area contributed by atoms with Crippen molar-refractivity contribution in [3.05, 3.63) is 65.2 Å². The summed E-state index contributed by atoms with van der Waals surface area (Å²) in [5.41, 5.74) is 2.01. The van der Waals surface area contributed by atoms with E-state index in [4.69, 9.17) is 14.9 Å². The molecular weight excluding hydrogens is 324 g/mol. The molecule has 2 rings (SSSR count). The van der Waals surface area contributed by atoms with E-state index in [1.54, 1.807) is 18.2 Å². The van der Waals surface area contributed by atoms with Crippen molar-refractivity contribution in [2.75, 3.05) is 13.2 Å². The second-order valence-electron chi connectivity index (χ2n) is 5.39. The summed E-state index contributed by atoms with van der Waals surface area (Å²) in [5.74, 6) is -3.23. The molecule has 0 aliphatic rings. The van der Waals surface area contributed by atoms with E-state index in [9.17, 15) is 14.4 Å². The van der Waals surface area contributed by atoms with Crippen LogP contribution in [-0.4, -0.2) is 41.0 Å². The smallest absolute Gasteiger partial charge is 0.372 e. The minimum atomic E-state index is -1.65. The normalized spacial score (nSPS) is 10.3. The molecule has 130 valence electrons. The molecule has 2 aromatic carbocycles. The molecule has 0 aromatic heterocycles. The fourth-order valence-electron chi connectivity index (χ4n) is 2.33. The van der Waals surface area contributed by atoms with Gasteiger partial charge in [0.2, 0.25) is 5.78 Å². The maximum atomic E-state index is 12.3. The number of benzene rings is 2. The Hall–Kier alpha value is -2.99. The number of aliphatic carboxylic acids is 1. The number of hydrogen-bond donors (Lipinski definition) is 2. The third kappa shape index (κ3) is 5.26. The lowest BCUT2D eigenvalue weighted by Gasteiger charge is -2.12. The Kier molecular flexibility index (Phi) is 6.42. The molecule has 0 spiro atoms. The fraction of sp³-hybridized carbons (Fsp3) is 0.211. The molecule has 2 N–H and O–H groups in total. The Bertz CT molecular complexity index is 767. The first-order valence-corrected chi connectivity index (χ1v) is 7.71. The number of aliphatic hydroxyl groups excluding tert-OH is 1. The van der Waals surface area contributed by atoms with Crippen molar-refractivity contribution in [3.63, 3.8) is 0 Å². The first kappa shape index (κ1) is 18.4. The maximum absolute atomic E-state index is 12.3. The number of carboxylic acid groups (broad SMARTS) is 1. The first-order valence-electron chi connectivity index (χ1n) is 7.71. The number of aliphatic hydroxyl groups is 1. The molecule has 0 atom stereocenters. The highest BCUT2D eigenvalue weighted by Crippen LogP contribution is 2.23. The molecule has 0 saturated heterocycles. The van der Waals surface area contributed by atoms with E-state index in [0.29, 0.717) is 6.42 Å². The monoisotopic (exact) mass is 342 g/mol. The number of carboxylic acids is 1. The molecule has 0 bridgehead atoms. The zero-order valence-electron chi connectivity index (χ0n) is 13.5. The Morgan fingerprint density at radius 3 is 2.32 bits per heavy atom. The zero-order valence-corrected chi connectivity index (χ0v) is 13.5. The highest BCUT2D eigenvalue weighted by atomic mass is 16.5. The van der Waals surface area contributed by atoms with Gasteiger partial charge in [-0.1, -0.05) is 36.4 Å². The molecule has 6 heteroatoms. The highest BCUT2D eigenvalue weighted by molar-refractivity contribution is 6.37. The van der Waals surface area contributed by atoms with Crippen molar-refractivity contribution < 1.29 is 29.3 Å². The summed E-state index contributed by atoms with van der Waals surface area (Å²) in [6, 6.07) is 14.6. The number of ketones is 2. The van der Waals surface area contributed by atoms with E-state index in [1.807, 2.05) is 30.3 Å². The second-order valence-corrected chi connectivity index (χ2v) is 5.39. The van der Waals surface area contributed by atoms with Gasteiger partial charge in [-0.25, -0.2) is 4.79 Å². The number of hydrogen-bond acceptors (Lipinski definition) is 5. The van der Waals surface area contributed by atoms with Crippen LogP contribution in [0.5, 0.6) is 5.75 Å². The largest absolute Gasteiger partial charge is 0.490 e. The molecule has 6 nitrogen and oxygen atoms in total. The van der Waals surface area contributed by atoms with Crippen LogP contribution in [0.3, 0.4) is 0 Å². The molecule has 0 amide bonds. The fourth-order valence-corrected chi connectivity index (χ4v) is 2.33. The maximum Gasteiger partial charge on any atom is 0.372 e. The number of Topliss-reactive ketones (excluding diaryl/α,β-unsaturated/α-hetero) is 2. The SMILES string of the molecule is O=C(O)C(=O)CC(=O)c1cc(Cc2ccccc2)ccc1OCCO. The summed E-state index contributed by atoms with van der Waals surface area (Å²) in [6.45, 7) is -0.237. The van der Waals surface area contributed by atoms with Gasteiger partial charge in [-0.2, -0.15) is 0 Å². The van der Waals surface area contributed by atoms with Gasteiger partial charge in [0.1, 0.15) is 12.4 Å². The quantitative estimate of drug-likeness (QED) is 0.410. The Morgan fingerprint density at radius 2 is 1.68 bits per heavy atom. The van der Waals surface area contributed by atoms with E-state index in [1.165, 1.54) is 0 Å². The lowest BCUT2D eigenvalue weighted by molar-refractivity contribution is -0.148. The number of carbonyl (C=O) groups is 3. The first-order chi connectivity index (χ1) is 12.0.